The molecule has 3 nitrogen and oxygen atoms in total. The normalized spacial score (nSPS) is 11.2. The second kappa shape index (κ2) is 5.62. The van der Waals surface area contributed by atoms with E-state index in [1.165, 1.54) is 18.2 Å². The third-order valence-electron chi connectivity index (χ3n) is 2.27. The van der Waals surface area contributed by atoms with Crippen LogP contribution < -0.4 is 15.2 Å². The Hall–Kier alpha value is -1.89. The fourth-order valence-corrected chi connectivity index (χ4v) is 1.85. The van der Waals surface area contributed by atoms with Gasteiger partial charge in [-0.2, -0.15) is 0 Å². The summed E-state index contributed by atoms with van der Waals surface area (Å²) in [5.41, 5.74) is 6.02. The number of halogens is 4. The van der Waals surface area contributed by atoms with Gasteiger partial charge >= 0.3 is 6.36 Å². The van der Waals surface area contributed by atoms with Gasteiger partial charge in [0.1, 0.15) is 0 Å². The zero-order valence-electron chi connectivity index (χ0n) is 9.95. The molecule has 0 aliphatic rings. The van der Waals surface area contributed by atoms with Gasteiger partial charge in [-0.05, 0) is 30.3 Å². The van der Waals surface area contributed by atoms with Crippen LogP contribution in [-0.2, 0) is 0 Å². The van der Waals surface area contributed by atoms with Crippen LogP contribution in [0.25, 0.3) is 0 Å². The molecule has 20 heavy (non-hydrogen) atoms. The van der Waals surface area contributed by atoms with Crippen LogP contribution >= 0.6 is 15.9 Å². The zero-order chi connectivity index (χ0) is 14.8. The van der Waals surface area contributed by atoms with Crippen molar-refractivity contribution in [2.75, 3.05) is 5.73 Å². The zero-order valence-corrected chi connectivity index (χ0v) is 11.5. The van der Waals surface area contributed by atoms with Gasteiger partial charge in [-0.25, -0.2) is 0 Å². The number of hydrogen-bond acceptors (Lipinski definition) is 3. The Labute approximate surface area is 121 Å². The molecule has 2 rings (SSSR count). The number of hydrogen-bond donors (Lipinski definition) is 1. The molecule has 0 atom stereocenters. The van der Waals surface area contributed by atoms with Gasteiger partial charge in [-0.15, -0.1) is 13.2 Å². The van der Waals surface area contributed by atoms with Crippen molar-refractivity contribution in [1.29, 1.82) is 0 Å². The minimum absolute atomic E-state index is 0.0705. The van der Waals surface area contributed by atoms with Crippen molar-refractivity contribution in [1.82, 2.24) is 0 Å². The van der Waals surface area contributed by atoms with E-state index in [0.717, 1.165) is 10.5 Å². The van der Waals surface area contributed by atoms with Crippen molar-refractivity contribution in [2.45, 2.75) is 6.36 Å². The van der Waals surface area contributed by atoms with Gasteiger partial charge in [-0.3, -0.25) is 0 Å². The number of alkyl halides is 3. The van der Waals surface area contributed by atoms with E-state index in [9.17, 15) is 13.2 Å². The molecule has 0 radical (unpaired) electrons. The summed E-state index contributed by atoms with van der Waals surface area (Å²) in [5.74, 6) is -0.257. The Bertz CT molecular complexity index is 617. The fraction of sp³-hybridized carbons (Fsp3) is 0.0769. The van der Waals surface area contributed by atoms with Crippen molar-refractivity contribution >= 4 is 21.6 Å². The van der Waals surface area contributed by atoms with Gasteiger partial charge in [0.05, 0.1) is 5.69 Å². The van der Waals surface area contributed by atoms with E-state index in [1.54, 1.807) is 18.2 Å². The predicted molar refractivity (Wildman–Crippen MR) is 71.8 cm³/mol. The monoisotopic (exact) mass is 347 g/mol. The molecule has 0 spiro atoms. The van der Waals surface area contributed by atoms with E-state index in [1.807, 2.05) is 0 Å². The summed E-state index contributed by atoms with van der Waals surface area (Å²) in [4.78, 5) is 0. The maximum atomic E-state index is 12.3. The van der Waals surface area contributed by atoms with Crippen LogP contribution in [0.2, 0.25) is 0 Å². The molecule has 0 unspecified atom stereocenters. The van der Waals surface area contributed by atoms with Gasteiger partial charge < -0.3 is 15.2 Å². The Morgan fingerprint density at radius 3 is 2.20 bits per heavy atom. The topological polar surface area (TPSA) is 44.5 Å². The lowest BCUT2D eigenvalue weighted by Crippen LogP contribution is -2.17. The molecule has 0 aliphatic carbocycles. The number of benzene rings is 2. The van der Waals surface area contributed by atoms with E-state index in [0.29, 0.717) is 5.69 Å². The van der Waals surface area contributed by atoms with Gasteiger partial charge in [-0.1, -0.05) is 28.1 Å². The average molecular weight is 348 g/mol. The second-order valence-electron chi connectivity index (χ2n) is 3.78. The fourth-order valence-electron chi connectivity index (χ4n) is 1.47. The number of anilines is 1. The molecular formula is C13H9BrF3NO2. The standard InChI is InChI=1S/C13H9BrF3NO2/c14-8-5-6-10(9(18)7-8)19-11-3-1-2-4-12(11)20-13(15,16)17/h1-7H,18H2. The molecule has 7 heteroatoms. The van der Waals surface area contributed by atoms with Crippen LogP contribution in [0.4, 0.5) is 18.9 Å². The summed E-state index contributed by atoms with van der Waals surface area (Å²) >= 11 is 3.23. The first-order valence-electron chi connectivity index (χ1n) is 5.43. The molecule has 2 aromatic carbocycles. The van der Waals surface area contributed by atoms with Crippen molar-refractivity contribution < 1.29 is 22.6 Å². The van der Waals surface area contributed by atoms with Crippen LogP contribution in [0.1, 0.15) is 0 Å². The largest absolute Gasteiger partial charge is 0.573 e. The van der Waals surface area contributed by atoms with Crippen LogP contribution in [0.3, 0.4) is 0 Å². The van der Waals surface area contributed by atoms with Gasteiger partial charge in [0.25, 0.3) is 0 Å². The molecule has 0 heterocycles. The third kappa shape index (κ3) is 3.80. The summed E-state index contributed by atoms with van der Waals surface area (Å²) in [7, 11) is 0. The summed E-state index contributed by atoms with van der Waals surface area (Å²) in [5, 5.41) is 0. The van der Waals surface area contributed by atoms with E-state index >= 15 is 0 Å². The predicted octanol–water partition coefficient (Wildman–Crippen LogP) is 4.72. The Morgan fingerprint density at radius 1 is 0.950 bits per heavy atom. The molecule has 106 valence electrons. The highest BCUT2D eigenvalue weighted by molar-refractivity contribution is 9.10. The van der Waals surface area contributed by atoms with Gasteiger partial charge in [0.2, 0.25) is 0 Å². The quantitative estimate of drug-likeness (QED) is 0.817. The lowest BCUT2D eigenvalue weighted by molar-refractivity contribution is -0.275. The summed E-state index contributed by atoms with van der Waals surface area (Å²) in [6, 6.07) is 10.3. The lowest BCUT2D eigenvalue weighted by Gasteiger charge is -2.14. The van der Waals surface area contributed by atoms with Crippen molar-refractivity contribution in [2.24, 2.45) is 0 Å². The number of ether oxygens (including phenoxy) is 2. The first-order chi connectivity index (χ1) is 9.35. The van der Waals surface area contributed by atoms with E-state index in [4.69, 9.17) is 10.5 Å². The molecule has 2 N–H and O–H groups in total. The van der Waals surface area contributed by atoms with Gasteiger partial charge in [0, 0.05) is 4.47 Å². The highest BCUT2D eigenvalue weighted by Gasteiger charge is 2.32. The van der Waals surface area contributed by atoms with E-state index in [-0.39, 0.29) is 11.5 Å². The van der Waals surface area contributed by atoms with Gasteiger partial charge in [0.15, 0.2) is 17.2 Å². The molecular weight excluding hydrogens is 339 g/mol. The third-order valence-corrected chi connectivity index (χ3v) is 2.76. The minimum Gasteiger partial charge on any atom is -0.451 e. The van der Waals surface area contributed by atoms with Crippen LogP contribution in [-0.4, -0.2) is 6.36 Å². The van der Waals surface area contributed by atoms with Crippen molar-refractivity contribution in [3.05, 3.63) is 46.9 Å². The second-order valence-corrected chi connectivity index (χ2v) is 4.69. The molecule has 0 aliphatic heterocycles. The van der Waals surface area contributed by atoms with Crippen molar-refractivity contribution in [3.63, 3.8) is 0 Å². The highest BCUT2D eigenvalue weighted by Crippen LogP contribution is 2.37. The van der Waals surface area contributed by atoms with Crippen LogP contribution in [0.5, 0.6) is 17.2 Å². The molecule has 2 aromatic rings. The molecule has 0 bridgehead atoms. The molecule has 0 saturated heterocycles. The number of rotatable bonds is 3. The molecule has 0 aromatic heterocycles. The van der Waals surface area contributed by atoms with Crippen molar-refractivity contribution in [3.8, 4) is 17.2 Å². The smallest absolute Gasteiger partial charge is 0.451 e. The summed E-state index contributed by atoms with van der Waals surface area (Å²) < 4.78 is 46.9. The number of nitrogen functional groups attached to an aromatic ring is 1. The summed E-state index contributed by atoms with van der Waals surface area (Å²) in [6.45, 7) is 0. The average Bonchev–Trinajstić information content (AvgIpc) is 2.33. The molecule has 0 saturated carbocycles. The minimum atomic E-state index is -4.79. The number of nitrogens with two attached hydrogens (primary N) is 1. The van der Waals surface area contributed by atoms with E-state index in [2.05, 4.69) is 20.7 Å². The number of para-hydroxylation sites is 2. The first kappa shape index (κ1) is 14.5. The highest BCUT2D eigenvalue weighted by atomic mass is 79.9. The first-order valence-corrected chi connectivity index (χ1v) is 6.22. The van der Waals surface area contributed by atoms with Crippen LogP contribution in [0.15, 0.2) is 46.9 Å². The summed E-state index contributed by atoms with van der Waals surface area (Å²) in [6.07, 6.45) is -4.79. The Morgan fingerprint density at radius 2 is 1.60 bits per heavy atom. The van der Waals surface area contributed by atoms with E-state index < -0.39 is 12.1 Å². The lowest BCUT2D eigenvalue weighted by atomic mass is 10.3. The molecule has 0 fully saturated rings. The Kier molecular flexibility index (Phi) is 4.08. The SMILES string of the molecule is Nc1cc(Br)ccc1Oc1ccccc1OC(F)(F)F. The maximum absolute atomic E-state index is 12.3. The maximum Gasteiger partial charge on any atom is 0.573 e. The molecule has 0 amide bonds. The Balaban J connectivity index is 2.29. The van der Waals surface area contributed by atoms with Crippen LogP contribution in [0, 0.1) is 0 Å².